The predicted octanol–water partition coefficient (Wildman–Crippen LogP) is 3.36. The van der Waals surface area contributed by atoms with Crippen LogP contribution in [0.2, 0.25) is 0 Å². The molecule has 3 rings (SSSR count). The van der Waals surface area contributed by atoms with Crippen molar-refractivity contribution in [3.63, 3.8) is 0 Å². The van der Waals surface area contributed by atoms with Gasteiger partial charge in [-0.3, -0.25) is 4.79 Å². The van der Waals surface area contributed by atoms with Gasteiger partial charge in [0.05, 0.1) is 6.04 Å². The Balaban J connectivity index is 1.86. The highest BCUT2D eigenvalue weighted by molar-refractivity contribution is 5.78. The lowest BCUT2D eigenvalue weighted by atomic mass is 10.0. The zero-order valence-corrected chi connectivity index (χ0v) is 15.6. The van der Waals surface area contributed by atoms with Crippen LogP contribution < -0.4 is 4.90 Å². The van der Waals surface area contributed by atoms with Crippen molar-refractivity contribution < 1.29 is 9.18 Å². The molecule has 1 aliphatic heterocycles. The summed E-state index contributed by atoms with van der Waals surface area (Å²) in [5.74, 6) is 0.762. The van der Waals surface area contributed by atoms with E-state index in [0.29, 0.717) is 31.7 Å². The highest BCUT2D eigenvalue weighted by Crippen LogP contribution is 2.24. The Morgan fingerprint density at radius 2 is 2.00 bits per heavy atom. The molecule has 1 amide bonds. The summed E-state index contributed by atoms with van der Waals surface area (Å²) >= 11 is 0. The van der Waals surface area contributed by atoms with Gasteiger partial charge >= 0.3 is 0 Å². The molecule has 5 nitrogen and oxygen atoms in total. The molecule has 6 heteroatoms. The molecular formula is C21H23FN4O. The lowest BCUT2D eigenvalue weighted by Gasteiger charge is -2.35. The molecule has 0 radical (unpaired) electrons. The summed E-state index contributed by atoms with van der Waals surface area (Å²) in [6.45, 7) is 5.86. The summed E-state index contributed by atoms with van der Waals surface area (Å²) < 4.78 is 13.2. The lowest BCUT2D eigenvalue weighted by molar-refractivity contribution is -0.134. The van der Waals surface area contributed by atoms with E-state index in [2.05, 4.69) is 29.8 Å². The lowest BCUT2D eigenvalue weighted by Crippen LogP contribution is -2.46. The van der Waals surface area contributed by atoms with Crippen LogP contribution in [-0.2, 0) is 11.3 Å². The maximum Gasteiger partial charge on any atom is 0.224 e. The van der Waals surface area contributed by atoms with E-state index in [9.17, 15) is 9.18 Å². The second-order valence-electron chi connectivity index (χ2n) is 7.15. The fourth-order valence-corrected chi connectivity index (χ4v) is 3.41. The second kappa shape index (κ2) is 8.17. The van der Waals surface area contributed by atoms with E-state index in [0.717, 1.165) is 11.4 Å². The molecule has 0 aliphatic carbocycles. The Hall–Kier alpha value is -2.94. The van der Waals surface area contributed by atoms with Gasteiger partial charge in [-0.1, -0.05) is 32.0 Å². The average Bonchev–Trinajstić information content (AvgIpc) is 2.83. The number of nitriles is 1. The van der Waals surface area contributed by atoms with E-state index < -0.39 is 0 Å². The number of hydrogen-bond acceptors (Lipinski definition) is 4. The molecule has 1 saturated heterocycles. The third-order valence-corrected chi connectivity index (χ3v) is 4.93. The van der Waals surface area contributed by atoms with Gasteiger partial charge in [-0.2, -0.15) is 5.26 Å². The van der Waals surface area contributed by atoms with Gasteiger partial charge in [0.25, 0.3) is 0 Å². The summed E-state index contributed by atoms with van der Waals surface area (Å²) in [6, 6.07) is 13.7. The van der Waals surface area contributed by atoms with E-state index in [1.165, 1.54) is 12.1 Å². The Morgan fingerprint density at radius 3 is 2.67 bits per heavy atom. The molecule has 1 aromatic heterocycles. The molecule has 2 heterocycles. The number of anilines is 1. The molecule has 27 heavy (non-hydrogen) atoms. The van der Waals surface area contributed by atoms with E-state index >= 15 is 0 Å². The molecule has 1 aromatic carbocycles. The van der Waals surface area contributed by atoms with Gasteiger partial charge in [0.15, 0.2) is 0 Å². The minimum atomic E-state index is -0.282. The Kier molecular flexibility index (Phi) is 5.70. The Morgan fingerprint density at radius 1 is 1.26 bits per heavy atom. The number of aromatic nitrogens is 1. The molecule has 0 bridgehead atoms. The molecule has 1 atom stereocenters. The van der Waals surface area contributed by atoms with Crippen LogP contribution in [0.3, 0.4) is 0 Å². The summed E-state index contributed by atoms with van der Waals surface area (Å²) in [5, 5.41) is 9.10. The number of carbonyl (C=O) groups excluding carboxylic acids is 1. The van der Waals surface area contributed by atoms with E-state index in [4.69, 9.17) is 5.26 Å². The van der Waals surface area contributed by atoms with Crippen LogP contribution in [-0.4, -0.2) is 34.9 Å². The molecule has 2 aromatic rings. The number of halogens is 1. The zero-order valence-electron chi connectivity index (χ0n) is 15.6. The topological polar surface area (TPSA) is 60.2 Å². The molecule has 1 aliphatic rings. The number of hydrogen-bond donors (Lipinski definition) is 0. The minimum Gasteiger partial charge on any atom is -0.354 e. The summed E-state index contributed by atoms with van der Waals surface area (Å²) in [7, 11) is 0. The largest absolute Gasteiger partial charge is 0.354 e. The highest BCUT2D eigenvalue weighted by atomic mass is 19.1. The maximum atomic E-state index is 13.2. The quantitative estimate of drug-likeness (QED) is 0.833. The molecule has 0 N–H and O–H groups in total. The van der Waals surface area contributed by atoms with Gasteiger partial charge in [-0.05, 0) is 35.7 Å². The summed E-state index contributed by atoms with van der Waals surface area (Å²) in [6.07, 6.45) is 0.378. The Bertz CT molecular complexity index is 844. The standard InChI is InChI=1S/C21H23FN4O/c1-15(2)19-14-25(20-5-3-4-18(12-23)24-20)11-10-21(27)26(19)13-16-6-8-17(22)9-7-16/h3-9,15,19H,10-11,13-14H2,1-2H3/t19-/m0/s1. The van der Waals surface area contributed by atoms with Crippen LogP contribution in [0, 0.1) is 23.1 Å². The summed E-state index contributed by atoms with van der Waals surface area (Å²) in [4.78, 5) is 21.2. The van der Waals surface area contributed by atoms with Crippen LogP contribution in [0.15, 0.2) is 42.5 Å². The van der Waals surface area contributed by atoms with Crippen LogP contribution in [0.1, 0.15) is 31.5 Å². The highest BCUT2D eigenvalue weighted by Gasteiger charge is 2.32. The van der Waals surface area contributed by atoms with Gasteiger partial charge in [0.2, 0.25) is 5.91 Å². The molecule has 0 spiro atoms. The minimum absolute atomic E-state index is 0.00223. The number of nitrogens with zero attached hydrogens (tertiary/aromatic N) is 4. The monoisotopic (exact) mass is 366 g/mol. The smallest absolute Gasteiger partial charge is 0.224 e. The predicted molar refractivity (Wildman–Crippen MR) is 101 cm³/mol. The van der Waals surface area contributed by atoms with E-state index in [-0.39, 0.29) is 23.7 Å². The first-order chi connectivity index (χ1) is 13.0. The summed E-state index contributed by atoms with van der Waals surface area (Å²) in [5.41, 5.74) is 1.28. The van der Waals surface area contributed by atoms with Crippen molar-refractivity contribution >= 4 is 11.7 Å². The SMILES string of the molecule is CC(C)[C@@H]1CN(c2cccc(C#N)n2)CCC(=O)N1Cc1ccc(F)cc1. The first kappa shape index (κ1) is 18.8. The first-order valence-electron chi connectivity index (χ1n) is 9.14. The molecule has 0 saturated carbocycles. The number of amides is 1. The van der Waals surface area contributed by atoms with E-state index in [1.54, 1.807) is 18.2 Å². The van der Waals surface area contributed by atoms with Crippen LogP contribution in [0.4, 0.5) is 10.2 Å². The first-order valence-corrected chi connectivity index (χ1v) is 9.14. The fraction of sp³-hybridized carbons (Fsp3) is 0.381. The molecule has 0 unspecified atom stereocenters. The second-order valence-corrected chi connectivity index (χ2v) is 7.15. The van der Waals surface area contributed by atoms with Crippen molar-refractivity contribution in [1.82, 2.24) is 9.88 Å². The zero-order chi connectivity index (χ0) is 19.4. The van der Waals surface area contributed by atoms with Gasteiger partial charge < -0.3 is 9.80 Å². The van der Waals surface area contributed by atoms with Crippen molar-refractivity contribution in [2.75, 3.05) is 18.0 Å². The van der Waals surface area contributed by atoms with Gasteiger partial charge in [-0.15, -0.1) is 0 Å². The third kappa shape index (κ3) is 4.43. The van der Waals surface area contributed by atoms with Crippen LogP contribution in [0.25, 0.3) is 0 Å². The Labute approximate surface area is 159 Å². The molecular weight excluding hydrogens is 343 g/mol. The van der Waals surface area contributed by atoms with Gasteiger partial charge in [-0.25, -0.2) is 9.37 Å². The van der Waals surface area contributed by atoms with Crippen molar-refractivity contribution in [3.8, 4) is 6.07 Å². The van der Waals surface area contributed by atoms with Crippen LogP contribution in [0.5, 0.6) is 0 Å². The number of carbonyl (C=O) groups is 1. The van der Waals surface area contributed by atoms with Gasteiger partial charge in [0, 0.05) is 26.1 Å². The van der Waals surface area contributed by atoms with Crippen molar-refractivity contribution in [3.05, 3.63) is 59.5 Å². The van der Waals surface area contributed by atoms with E-state index in [1.807, 2.05) is 17.0 Å². The number of benzene rings is 1. The molecule has 1 fully saturated rings. The van der Waals surface area contributed by atoms with Crippen molar-refractivity contribution in [2.45, 2.75) is 32.9 Å². The maximum absolute atomic E-state index is 13.2. The van der Waals surface area contributed by atoms with Crippen molar-refractivity contribution in [1.29, 1.82) is 5.26 Å². The fourth-order valence-electron chi connectivity index (χ4n) is 3.41. The number of rotatable bonds is 4. The van der Waals surface area contributed by atoms with Crippen LogP contribution >= 0.6 is 0 Å². The number of pyridine rings is 1. The average molecular weight is 366 g/mol. The normalized spacial score (nSPS) is 17.7. The van der Waals surface area contributed by atoms with Crippen molar-refractivity contribution in [2.24, 2.45) is 5.92 Å². The molecule has 140 valence electrons. The third-order valence-electron chi connectivity index (χ3n) is 4.93. The van der Waals surface area contributed by atoms with Gasteiger partial charge in [0.1, 0.15) is 23.4 Å².